The molecule has 1 atom stereocenters. The summed E-state index contributed by atoms with van der Waals surface area (Å²) in [4.78, 5) is 0. The van der Waals surface area contributed by atoms with Crippen molar-refractivity contribution in [3.63, 3.8) is 0 Å². The van der Waals surface area contributed by atoms with E-state index in [0.717, 1.165) is 34.8 Å². The first-order chi connectivity index (χ1) is 10.1. The minimum atomic E-state index is 0.0276. The Kier molecular flexibility index (Phi) is 3.60. The highest BCUT2D eigenvalue weighted by molar-refractivity contribution is 5.78. The highest BCUT2D eigenvalue weighted by Gasteiger charge is 2.24. The van der Waals surface area contributed by atoms with E-state index in [9.17, 15) is 0 Å². The highest BCUT2D eigenvalue weighted by Crippen LogP contribution is 2.34. The molecule has 1 N–H and O–H groups in total. The van der Waals surface area contributed by atoms with E-state index in [2.05, 4.69) is 31.3 Å². The van der Waals surface area contributed by atoms with Gasteiger partial charge >= 0.3 is 0 Å². The number of hydrogen-bond acceptors (Lipinski definition) is 3. The molecule has 2 heterocycles. The number of aryl methyl sites for hydroxylation is 2. The van der Waals surface area contributed by atoms with Gasteiger partial charge in [-0.25, -0.2) is 0 Å². The second-order valence-corrected chi connectivity index (χ2v) is 5.43. The minimum Gasteiger partial charge on any atom is -0.466 e. The summed E-state index contributed by atoms with van der Waals surface area (Å²) in [6.45, 7) is 9.10. The summed E-state index contributed by atoms with van der Waals surface area (Å²) in [5.74, 6) is 2.86. The maximum atomic E-state index is 6.05. The maximum absolute atomic E-state index is 6.05. The van der Waals surface area contributed by atoms with E-state index < -0.39 is 0 Å². The Labute approximate surface area is 124 Å². The van der Waals surface area contributed by atoms with Crippen LogP contribution in [0.3, 0.4) is 0 Å². The molecule has 0 aliphatic carbocycles. The fourth-order valence-electron chi connectivity index (χ4n) is 2.93. The van der Waals surface area contributed by atoms with E-state index in [1.165, 1.54) is 11.1 Å². The number of furan rings is 2. The van der Waals surface area contributed by atoms with Crippen molar-refractivity contribution in [1.82, 2.24) is 5.32 Å². The molecule has 2 aromatic heterocycles. The minimum absolute atomic E-state index is 0.0276. The van der Waals surface area contributed by atoms with E-state index in [1.807, 2.05) is 32.0 Å². The van der Waals surface area contributed by atoms with Crippen LogP contribution >= 0.6 is 0 Å². The van der Waals surface area contributed by atoms with E-state index in [-0.39, 0.29) is 6.04 Å². The summed E-state index contributed by atoms with van der Waals surface area (Å²) < 4.78 is 11.8. The molecule has 0 aliphatic rings. The van der Waals surface area contributed by atoms with Crippen molar-refractivity contribution >= 4 is 11.0 Å². The molecule has 3 aromatic rings. The van der Waals surface area contributed by atoms with Gasteiger partial charge in [0, 0.05) is 10.9 Å². The van der Waals surface area contributed by atoms with Gasteiger partial charge in [-0.3, -0.25) is 0 Å². The third kappa shape index (κ3) is 2.38. The Morgan fingerprint density at radius 3 is 2.43 bits per heavy atom. The first kappa shape index (κ1) is 14.0. The zero-order valence-electron chi connectivity index (χ0n) is 13.0. The number of benzene rings is 1. The van der Waals surface area contributed by atoms with Crippen LogP contribution in [0.25, 0.3) is 11.0 Å². The average Bonchev–Trinajstić information content (AvgIpc) is 2.99. The van der Waals surface area contributed by atoms with Crippen molar-refractivity contribution in [3.8, 4) is 0 Å². The Morgan fingerprint density at radius 2 is 1.81 bits per heavy atom. The third-order valence-corrected chi connectivity index (χ3v) is 4.04. The topological polar surface area (TPSA) is 38.3 Å². The standard InChI is InChI=1S/C18H21NO2/c1-5-19-18(17-11(2)12(3)20-13(17)4)16-10-14-8-6-7-9-15(14)21-16/h6-10,18-19H,5H2,1-4H3. The van der Waals surface area contributed by atoms with Gasteiger partial charge in [-0.1, -0.05) is 25.1 Å². The lowest BCUT2D eigenvalue weighted by atomic mass is 10.00. The van der Waals surface area contributed by atoms with Crippen molar-refractivity contribution in [2.45, 2.75) is 33.7 Å². The van der Waals surface area contributed by atoms with Crippen LogP contribution in [0.4, 0.5) is 0 Å². The molecule has 3 rings (SSSR count). The second kappa shape index (κ2) is 5.41. The number of fused-ring (bicyclic) bond motifs is 1. The van der Waals surface area contributed by atoms with E-state index in [4.69, 9.17) is 8.83 Å². The molecular weight excluding hydrogens is 262 g/mol. The second-order valence-electron chi connectivity index (χ2n) is 5.43. The van der Waals surface area contributed by atoms with E-state index in [0.29, 0.717) is 0 Å². The van der Waals surface area contributed by atoms with Crippen LogP contribution in [0.2, 0.25) is 0 Å². The lowest BCUT2D eigenvalue weighted by Crippen LogP contribution is -2.22. The van der Waals surface area contributed by atoms with Crippen LogP contribution in [-0.2, 0) is 0 Å². The van der Waals surface area contributed by atoms with Crippen molar-refractivity contribution in [2.24, 2.45) is 0 Å². The molecule has 0 fully saturated rings. The SMILES string of the molecule is CCNC(c1cc2ccccc2o1)c1c(C)oc(C)c1C. The van der Waals surface area contributed by atoms with Crippen molar-refractivity contribution in [3.05, 3.63) is 58.7 Å². The lowest BCUT2D eigenvalue weighted by Gasteiger charge is -2.16. The molecule has 0 spiro atoms. The highest BCUT2D eigenvalue weighted by atomic mass is 16.3. The van der Waals surface area contributed by atoms with Crippen LogP contribution < -0.4 is 5.32 Å². The molecule has 0 amide bonds. The van der Waals surface area contributed by atoms with Gasteiger partial charge in [0.25, 0.3) is 0 Å². The van der Waals surface area contributed by atoms with E-state index >= 15 is 0 Å². The molecule has 0 aliphatic heterocycles. The van der Waals surface area contributed by atoms with Gasteiger partial charge in [-0.05, 0) is 45.0 Å². The van der Waals surface area contributed by atoms with Gasteiger partial charge in [0.1, 0.15) is 22.9 Å². The van der Waals surface area contributed by atoms with Gasteiger partial charge in [-0.15, -0.1) is 0 Å². The van der Waals surface area contributed by atoms with Crippen molar-refractivity contribution < 1.29 is 8.83 Å². The van der Waals surface area contributed by atoms with Gasteiger partial charge in [-0.2, -0.15) is 0 Å². The quantitative estimate of drug-likeness (QED) is 0.757. The summed E-state index contributed by atoms with van der Waals surface area (Å²) >= 11 is 0. The molecule has 1 aromatic carbocycles. The normalized spacial score (nSPS) is 13.0. The summed E-state index contributed by atoms with van der Waals surface area (Å²) in [5, 5.41) is 4.65. The van der Waals surface area contributed by atoms with Crippen LogP contribution in [-0.4, -0.2) is 6.54 Å². The molecule has 0 saturated heterocycles. The lowest BCUT2D eigenvalue weighted by molar-refractivity contribution is 0.461. The molecule has 110 valence electrons. The number of rotatable bonds is 4. The largest absolute Gasteiger partial charge is 0.466 e. The number of nitrogens with one attached hydrogen (secondary N) is 1. The number of hydrogen-bond donors (Lipinski definition) is 1. The summed E-state index contributed by atoms with van der Waals surface area (Å²) in [7, 11) is 0. The molecular formula is C18H21NO2. The van der Waals surface area contributed by atoms with Crippen molar-refractivity contribution in [1.29, 1.82) is 0 Å². The summed E-state index contributed by atoms with van der Waals surface area (Å²) in [6.07, 6.45) is 0. The number of para-hydroxylation sites is 1. The summed E-state index contributed by atoms with van der Waals surface area (Å²) in [6, 6.07) is 10.2. The fourth-order valence-corrected chi connectivity index (χ4v) is 2.93. The summed E-state index contributed by atoms with van der Waals surface area (Å²) in [5.41, 5.74) is 3.30. The predicted octanol–water partition coefficient (Wildman–Crippen LogP) is 4.65. The van der Waals surface area contributed by atoms with Gasteiger partial charge in [0.05, 0.1) is 6.04 Å². The van der Waals surface area contributed by atoms with Gasteiger partial charge in [0.2, 0.25) is 0 Å². The molecule has 0 saturated carbocycles. The smallest absolute Gasteiger partial charge is 0.134 e. The Balaban J connectivity index is 2.13. The van der Waals surface area contributed by atoms with E-state index in [1.54, 1.807) is 0 Å². The Morgan fingerprint density at radius 1 is 1.05 bits per heavy atom. The Hall–Kier alpha value is -2.00. The van der Waals surface area contributed by atoms with Gasteiger partial charge in [0.15, 0.2) is 0 Å². The average molecular weight is 283 g/mol. The maximum Gasteiger partial charge on any atom is 0.134 e. The molecule has 3 nitrogen and oxygen atoms in total. The van der Waals surface area contributed by atoms with Crippen LogP contribution in [0.5, 0.6) is 0 Å². The Bertz CT molecular complexity index is 734. The molecule has 3 heteroatoms. The van der Waals surface area contributed by atoms with Crippen LogP contribution in [0, 0.1) is 20.8 Å². The molecule has 0 bridgehead atoms. The third-order valence-electron chi connectivity index (χ3n) is 4.04. The zero-order chi connectivity index (χ0) is 15.0. The van der Waals surface area contributed by atoms with Crippen LogP contribution in [0.15, 0.2) is 39.2 Å². The fraction of sp³-hybridized carbons (Fsp3) is 0.333. The predicted molar refractivity (Wildman–Crippen MR) is 84.7 cm³/mol. The zero-order valence-corrected chi connectivity index (χ0v) is 13.0. The molecule has 21 heavy (non-hydrogen) atoms. The first-order valence-corrected chi connectivity index (χ1v) is 7.40. The van der Waals surface area contributed by atoms with Gasteiger partial charge < -0.3 is 14.2 Å². The molecule has 1 unspecified atom stereocenters. The van der Waals surface area contributed by atoms with Crippen LogP contribution in [0.1, 0.15) is 41.4 Å². The first-order valence-electron chi connectivity index (χ1n) is 7.40. The molecule has 0 radical (unpaired) electrons. The van der Waals surface area contributed by atoms with Crippen molar-refractivity contribution in [2.75, 3.05) is 6.54 Å². The monoisotopic (exact) mass is 283 g/mol.